The second-order valence-electron chi connectivity index (χ2n) is 7.08. The maximum Gasteiger partial charge on any atom is 0.0477 e. The maximum atomic E-state index is 3.65. The minimum Gasteiger partial charge on any atom is -0.372 e. The molecule has 3 rings (SSSR count). The Hall–Kier alpha value is -1.10. The van der Waals surface area contributed by atoms with Crippen molar-refractivity contribution in [3.8, 4) is 0 Å². The van der Waals surface area contributed by atoms with Crippen LogP contribution in [0.15, 0.2) is 18.2 Å². The summed E-state index contributed by atoms with van der Waals surface area (Å²) in [5.41, 5.74) is 4.41. The molecule has 0 bridgehead atoms. The van der Waals surface area contributed by atoms with Crippen molar-refractivity contribution in [2.45, 2.75) is 39.8 Å². The molecule has 0 saturated carbocycles. The molecule has 0 spiro atoms. The van der Waals surface area contributed by atoms with Gasteiger partial charge in [-0.25, -0.2) is 0 Å². The van der Waals surface area contributed by atoms with Gasteiger partial charge in [0.25, 0.3) is 0 Å². The molecule has 1 saturated heterocycles. The zero-order valence-corrected chi connectivity index (χ0v) is 15.7. The van der Waals surface area contributed by atoms with Gasteiger partial charge < -0.3 is 15.1 Å². The summed E-state index contributed by atoms with van der Waals surface area (Å²) < 4.78 is 0. The van der Waals surface area contributed by atoms with Gasteiger partial charge in [0.2, 0.25) is 0 Å². The van der Waals surface area contributed by atoms with Gasteiger partial charge in [-0.3, -0.25) is 4.90 Å². The highest BCUT2D eigenvalue weighted by Gasteiger charge is 2.28. The van der Waals surface area contributed by atoms with E-state index in [2.05, 4.69) is 59.0 Å². The van der Waals surface area contributed by atoms with Crippen LogP contribution in [0.3, 0.4) is 0 Å². The largest absolute Gasteiger partial charge is 0.372 e. The molecule has 2 aliphatic heterocycles. The van der Waals surface area contributed by atoms with Crippen LogP contribution in [0.1, 0.15) is 44.4 Å². The summed E-state index contributed by atoms with van der Waals surface area (Å²) in [6, 6.07) is 7.68. The van der Waals surface area contributed by atoms with E-state index in [1.807, 2.05) is 0 Å². The number of anilines is 1. The number of nitrogens with one attached hydrogen (secondary N) is 1. The van der Waals surface area contributed by atoms with Gasteiger partial charge >= 0.3 is 0 Å². The molecule has 0 unspecified atom stereocenters. The van der Waals surface area contributed by atoms with Crippen molar-refractivity contribution in [3.05, 3.63) is 29.3 Å². The first-order chi connectivity index (χ1) is 11.8. The molecule has 1 aromatic carbocycles. The van der Waals surface area contributed by atoms with Crippen molar-refractivity contribution in [1.29, 1.82) is 0 Å². The predicted molar refractivity (Wildman–Crippen MR) is 103 cm³/mol. The summed E-state index contributed by atoms with van der Waals surface area (Å²) in [7, 11) is 0. The van der Waals surface area contributed by atoms with Gasteiger partial charge in [-0.2, -0.15) is 0 Å². The van der Waals surface area contributed by atoms with Crippen LogP contribution in [0.25, 0.3) is 0 Å². The zero-order chi connectivity index (χ0) is 16.9. The van der Waals surface area contributed by atoms with Gasteiger partial charge in [-0.15, -0.1) is 0 Å². The average molecular weight is 331 g/mol. The monoisotopic (exact) mass is 330 g/mol. The number of benzene rings is 1. The Morgan fingerprint density at radius 1 is 1.08 bits per heavy atom. The van der Waals surface area contributed by atoms with E-state index < -0.39 is 0 Å². The smallest absolute Gasteiger partial charge is 0.0477 e. The number of nitrogens with zero attached hydrogens (tertiary/aromatic N) is 3. The fraction of sp³-hybridized carbons (Fsp3) is 0.700. The number of piperazine rings is 1. The summed E-state index contributed by atoms with van der Waals surface area (Å²) in [6.07, 6.45) is 1.27. The van der Waals surface area contributed by atoms with Crippen LogP contribution in [-0.4, -0.2) is 62.2 Å². The minimum absolute atomic E-state index is 0.545. The summed E-state index contributed by atoms with van der Waals surface area (Å²) >= 11 is 0. The highest BCUT2D eigenvalue weighted by Crippen LogP contribution is 2.31. The van der Waals surface area contributed by atoms with E-state index in [1.165, 1.54) is 50.4 Å². The van der Waals surface area contributed by atoms with Gasteiger partial charge in [0.1, 0.15) is 0 Å². The fourth-order valence-corrected chi connectivity index (χ4v) is 4.25. The van der Waals surface area contributed by atoms with E-state index in [4.69, 9.17) is 0 Å². The normalized spacial score (nSPS) is 22.4. The lowest BCUT2D eigenvalue weighted by molar-refractivity contribution is 0.0918. The van der Waals surface area contributed by atoms with E-state index in [9.17, 15) is 0 Å². The third kappa shape index (κ3) is 3.76. The Labute approximate surface area is 147 Å². The molecule has 24 heavy (non-hydrogen) atoms. The second-order valence-corrected chi connectivity index (χ2v) is 7.08. The number of fused-ring (bicyclic) bond motifs is 1. The molecule has 0 radical (unpaired) electrons. The molecule has 134 valence electrons. The number of hydrogen-bond acceptors (Lipinski definition) is 4. The molecule has 1 fully saturated rings. The molecular weight excluding hydrogens is 296 g/mol. The van der Waals surface area contributed by atoms with E-state index in [1.54, 1.807) is 5.56 Å². The van der Waals surface area contributed by atoms with Crippen LogP contribution in [0, 0.1) is 0 Å². The van der Waals surface area contributed by atoms with Crippen LogP contribution in [0.2, 0.25) is 0 Å². The fourth-order valence-electron chi connectivity index (χ4n) is 4.25. The first-order valence-electron chi connectivity index (χ1n) is 9.81. The predicted octanol–water partition coefficient (Wildman–Crippen LogP) is 2.70. The zero-order valence-electron chi connectivity index (χ0n) is 15.7. The number of rotatable bonds is 6. The van der Waals surface area contributed by atoms with Crippen molar-refractivity contribution in [2.75, 3.05) is 57.3 Å². The molecule has 2 heterocycles. The number of hydrogen-bond donors (Lipinski definition) is 1. The Morgan fingerprint density at radius 2 is 1.83 bits per heavy atom. The van der Waals surface area contributed by atoms with Gasteiger partial charge in [-0.1, -0.05) is 13.0 Å². The highest BCUT2D eigenvalue weighted by atomic mass is 15.3. The molecule has 0 amide bonds. The van der Waals surface area contributed by atoms with Gasteiger partial charge in [0, 0.05) is 64.1 Å². The van der Waals surface area contributed by atoms with Crippen LogP contribution in [0.4, 0.5) is 5.69 Å². The van der Waals surface area contributed by atoms with E-state index in [0.29, 0.717) is 6.04 Å². The highest BCUT2D eigenvalue weighted by molar-refractivity contribution is 5.52. The third-order valence-corrected chi connectivity index (χ3v) is 5.65. The molecule has 2 aliphatic rings. The Kier molecular flexibility index (Phi) is 6.14. The Bertz CT molecular complexity index is 518. The molecule has 1 aromatic rings. The first kappa shape index (κ1) is 17.7. The summed E-state index contributed by atoms with van der Waals surface area (Å²) in [5.74, 6) is 0. The lowest BCUT2D eigenvalue weighted by atomic mass is 9.94. The lowest BCUT2D eigenvalue weighted by Gasteiger charge is -2.42. The van der Waals surface area contributed by atoms with Crippen molar-refractivity contribution < 1.29 is 0 Å². The average Bonchev–Trinajstić information content (AvgIpc) is 2.63. The van der Waals surface area contributed by atoms with Gasteiger partial charge in [0.15, 0.2) is 0 Å². The third-order valence-electron chi connectivity index (χ3n) is 5.65. The van der Waals surface area contributed by atoms with E-state index >= 15 is 0 Å². The van der Waals surface area contributed by atoms with Gasteiger partial charge in [0.05, 0.1) is 0 Å². The topological polar surface area (TPSA) is 21.8 Å². The molecule has 4 heteroatoms. The minimum atomic E-state index is 0.545. The van der Waals surface area contributed by atoms with Crippen molar-refractivity contribution in [3.63, 3.8) is 0 Å². The maximum absolute atomic E-state index is 3.65. The van der Waals surface area contributed by atoms with Crippen LogP contribution in [-0.2, 0) is 6.54 Å². The molecule has 1 atom stereocenters. The van der Waals surface area contributed by atoms with Crippen LogP contribution in [0.5, 0.6) is 0 Å². The van der Waals surface area contributed by atoms with E-state index in [0.717, 1.165) is 26.2 Å². The van der Waals surface area contributed by atoms with Crippen LogP contribution >= 0.6 is 0 Å². The summed E-state index contributed by atoms with van der Waals surface area (Å²) in [5, 5.41) is 3.65. The SMILES string of the molecule is CCCN1CCN([C@@H]2CNCc3cc(N(CC)CC)ccc32)CC1. The standard InChI is InChI=1S/C20H34N4/c1-4-9-22-10-12-24(13-11-22)20-16-21-15-17-14-18(7-8-19(17)20)23(5-2)6-3/h7-8,14,20-21H,4-6,9-13,15-16H2,1-3H3/t20-/m1/s1. The van der Waals surface area contributed by atoms with Crippen molar-refractivity contribution >= 4 is 5.69 Å². The van der Waals surface area contributed by atoms with Crippen molar-refractivity contribution in [2.24, 2.45) is 0 Å². The van der Waals surface area contributed by atoms with Crippen LogP contribution < -0.4 is 10.2 Å². The molecule has 0 aromatic heterocycles. The second kappa shape index (κ2) is 8.32. The van der Waals surface area contributed by atoms with E-state index in [-0.39, 0.29) is 0 Å². The molecule has 0 aliphatic carbocycles. The first-order valence-corrected chi connectivity index (χ1v) is 9.81. The van der Waals surface area contributed by atoms with Crippen molar-refractivity contribution in [1.82, 2.24) is 15.1 Å². The Balaban J connectivity index is 1.73. The molecule has 1 N–H and O–H groups in total. The lowest BCUT2D eigenvalue weighted by Crippen LogP contribution is -2.50. The quantitative estimate of drug-likeness (QED) is 0.866. The van der Waals surface area contributed by atoms with Gasteiger partial charge in [-0.05, 0) is 50.1 Å². The molecule has 4 nitrogen and oxygen atoms in total. The molecular formula is C20H34N4. The summed E-state index contributed by atoms with van der Waals surface area (Å²) in [6.45, 7) is 17.1. The Morgan fingerprint density at radius 3 is 2.50 bits per heavy atom. The summed E-state index contributed by atoms with van der Waals surface area (Å²) in [4.78, 5) is 7.73.